The number of aliphatic carboxylic acids is 1. The molecule has 4 nitrogen and oxygen atoms in total. The zero-order chi connectivity index (χ0) is 15.3. The van der Waals surface area contributed by atoms with E-state index in [0.29, 0.717) is 0 Å². The summed E-state index contributed by atoms with van der Waals surface area (Å²) in [6.07, 6.45) is 2.14. The van der Waals surface area contributed by atoms with Gasteiger partial charge in [0.1, 0.15) is 5.60 Å². The first-order valence-electron chi connectivity index (χ1n) is 7.53. The fraction of sp³-hybridized carbons (Fsp3) is 0.933. The molecular formula is C15H28O4Si. The molecule has 0 spiro atoms. The number of rotatable bonds is 4. The van der Waals surface area contributed by atoms with Crippen molar-refractivity contribution < 1.29 is 19.1 Å². The molecule has 0 aromatic carbocycles. The molecule has 1 saturated heterocycles. The predicted octanol–water partition coefficient (Wildman–Crippen LogP) is 3.42. The van der Waals surface area contributed by atoms with Crippen LogP contribution in [-0.2, 0) is 14.0 Å². The van der Waals surface area contributed by atoms with Crippen molar-refractivity contribution in [3.8, 4) is 0 Å². The molecule has 2 rings (SSSR count). The maximum atomic E-state index is 10.9. The van der Waals surface area contributed by atoms with E-state index < -0.39 is 14.3 Å². The summed E-state index contributed by atoms with van der Waals surface area (Å²) in [7, 11) is -1.85. The predicted molar refractivity (Wildman–Crippen MR) is 80.3 cm³/mol. The van der Waals surface area contributed by atoms with Crippen LogP contribution in [0.15, 0.2) is 0 Å². The third kappa shape index (κ3) is 2.94. The minimum Gasteiger partial charge on any atom is -0.481 e. The summed E-state index contributed by atoms with van der Waals surface area (Å²) >= 11 is 0. The topological polar surface area (TPSA) is 59.1 Å². The quantitative estimate of drug-likeness (QED) is 0.638. The van der Waals surface area contributed by atoms with Crippen molar-refractivity contribution >= 4 is 14.3 Å². The van der Waals surface area contributed by atoms with E-state index in [1.807, 2.05) is 0 Å². The van der Waals surface area contributed by atoms with Crippen LogP contribution in [0.1, 0.15) is 47.0 Å². The van der Waals surface area contributed by atoms with Gasteiger partial charge in [0.05, 0.1) is 12.2 Å². The number of carbonyl (C=O) groups is 1. The number of hydrogen-bond donors (Lipinski definition) is 1. The fourth-order valence-corrected chi connectivity index (χ4v) is 4.28. The van der Waals surface area contributed by atoms with Gasteiger partial charge in [0.25, 0.3) is 0 Å². The summed E-state index contributed by atoms with van der Waals surface area (Å²) in [6, 6.07) is 0. The van der Waals surface area contributed by atoms with Gasteiger partial charge in [-0.15, -0.1) is 0 Å². The zero-order valence-corrected chi connectivity index (χ0v) is 14.5. The number of carboxylic acid groups (broad SMARTS) is 1. The fourth-order valence-electron chi connectivity index (χ4n) is 2.88. The third-order valence-corrected chi connectivity index (χ3v) is 9.90. The molecule has 0 aromatic heterocycles. The van der Waals surface area contributed by atoms with Gasteiger partial charge in [-0.05, 0) is 43.8 Å². The Labute approximate surface area is 123 Å². The highest BCUT2D eigenvalue weighted by Crippen LogP contribution is 2.53. The van der Waals surface area contributed by atoms with Gasteiger partial charge in [-0.25, -0.2) is 0 Å². The number of epoxide rings is 1. The van der Waals surface area contributed by atoms with Crippen LogP contribution in [0.3, 0.4) is 0 Å². The molecule has 20 heavy (non-hydrogen) atoms. The Morgan fingerprint density at radius 3 is 2.50 bits per heavy atom. The smallest absolute Gasteiger partial charge is 0.303 e. The lowest BCUT2D eigenvalue weighted by molar-refractivity contribution is -0.138. The zero-order valence-electron chi connectivity index (χ0n) is 13.5. The van der Waals surface area contributed by atoms with Gasteiger partial charge in [0.2, 0.25) is 0 Å². The van der Waals surface area contributed by atoms with Crippen molar-refractivity contribution in [2.24, 2.45) is 5.92 Å². The lowest BCUT2D eigenvalue weighted by atomic mass is 9.79. The van der Waals surface area contributed by atoms with Crippen molar-refractivity contribution in [2.45, 2.75) is 82.9 Å². The van der Waals surface area contributed by atoms with E-state index in [4.69, 9.17) is 14.3 Å². The highest BCUT2D eigenvalue weighted by molar-refractivity contribution is 6.74. The normalized spacial score (nSPS) is 37.4. The molecular weight excluding hydrogens is 272 g/mol. The first kappa shape index (κ1) is 16.0. The van der Waals surface area contributed by atoms with Crippen LogP contribution in [0.5, 0.6) is 0 Å². The van der Waals surface area contributed by atoms with Crippen LogP contribution in [0.2, 0.25) is 18.1 Å². The molecule has 1 aliphatic carbocycles. The molecule has 0 radical (unpaired) electrons. The van der Waals surface area contributed by atoms with E-state index >= 15 is 0 Å². The summed E-state index contributed by atoms with van der Waals surface area (Å²) in [5.74, 6) is -0.534. The Morgan fingerprint density at radius 2 is 2.00 bits per heavy atom. The second-order valence-corrected chi connectivity index (χ2v) is 12.8. The molecule has 0 unspecified atom stereocenters. The van der Waals surface area contributed by atoms with Crippen LogP contribution in [0.25, 0.3) is 0 Å². The summed E-state index contributed by atoms with van der Waals surface area (Å²) in [5.41, 5.74) is -0.176. The molecule has 2 fully saturated rings. The Morgan fingerprint density at radius 1 is 1.40 bits per heavy atom. The lowest BCUT2D eigenvalue weighted by Gasteiger charge is -2.42. The van der Waals surface area contributed by atoms with Crippen molar-refractivity contribution in [3.63, 3.8) is 0 Å². The lowest BCUT2D eigenvalue weighted by Crippen LogP contribution is -2.50. The average molecular weight is 300 g/mol. The minimum absolute atomic E-state index is 0.0477. The molecule has 1 aliphatic heterocycles. The van der Waals surface area contributed by atoms with Crippen molar-refractivity contribution in [1.29, 1.82) is 0 Å². The Balaban J connectivity index is 2.08. The Hall–Kier alpha value is -0.393. The van der Waals surface area contributed by atoms with Gasteiger partial charge < -0.3 is 14.3 Å². The van der Waals surface area contributed by atoms with E-state index in [9.17, 15) is 4.79 Å². The molecule has 1 saturated carbocycles. The van der Waals surface area contributed by atoms with Gasteiger partial charge in [-0.3, -0.25) is 4.79 Å². The van der Waals surface area contributed by atoms with E-state index in [0.717, 1.165) is 12.8 Å². The summed E-state index contributed by atoms with van der Waals surface area (Å²) < 4.78 is 12.4. The van der Waals surface area contributed by atoms with Gasteiger partial charge in [-0.1, -0.05) is 20.8 Å². The number of ether oxygens (including phenoxy) is 1. The van der Waals surface area contributed by atoms with Crippen molar-refractivity contribution in [1.82, 2.24) is 0 Å². The SMILES string of the molecule is CC(C)(C)[Si](C)(C)O[C@@H]1C[C@@H](CC(=O)O)C[C@@H]2O[C@@]21C. The number of carboxylic acids is 1. The van der Waals surface area contributed by atoms with Crippen molar-refractivity contribution in [3.05, 3.63) is 0 Å². The maximum Gasteiger partial charge on any atom is 0.303 e. The summed E-state index contributed by atoms with van der Waals surface area (Å²) in [6.45, 7) is 13.3. The van der Waals surface area contributed by atoms with Gasteiger partial charge in [-0.2, -0.15) is 0 Å². The van der Waals surface area contributed by atoms with E-state index in [1.165, 1.54) is 0 Å². The minimum atomic E-state index is -1.85. The van der Waals surface area contributed by atoms with Crippen LogP contribution < -0.4 is 0 Å². The first-order chi connectivity index (χ1) is 8.96. The number of hydrogen-bond acceptors (Lipinski definition) is 3. The van der Waals surface area contributed by atoms with Gasteiger partial charge in [0, 0.05) is 6.42 Å². The first-order valence-corrected chi connectivity index (χ1v) is 10.4. The van der Waals surface area contributed by atoms with Crippen LogP contribution in [-0.4, -0.2) is 37.2 Å². The van der Waals surface area contributed by atoms with Crippen LogP contribution >= 0.6 is 0 Å². The van der Waals surface area contributed by atoms with E-state index in [2.05, 4.69) is 40.8 Å². The standard InChI is InChI=1S/C15H28O4Si/c1-14(2,3)20(5,6)19-12-8-10(9-13(16)17)7-11-15(12,4)18-11/h10-12H,7-9H2,1-6H3,(H,16,17)/t10-,11-,12+,15-/m0/s1. The largest absolute Gasteiger partial charge is 0.481 e. The maximum absolute atomic E-state index is 10.9. The summed E-state index contributed by atoms with van der Waals surface area (Å²) in [4.78, 5) is 10.9. The van der Waals surface area contributed by atoms with Crippen LogP contribution in [0, 0.1) is 5.92 Å². The molecule has 5 heteroatoms. The van der Waals surface area contributed by atoms with Crippen molar-refractivity contribution in [2.75, 3.05) is 0 Å². The van der Waals surface area contributed by atoms with Gasteiger partial charge >= 0.3 is 5.97 Å². The molecule has 0 bridgehead atoms. The second kappa shape index (κ2) is 4.82. The van der Waals surface area contributed by atoms with E-state index in [-0.39, 0.29) is 35.2 Å². The highest BCUT2D eigenvalue weighted by Gasteiger charge is 2.63. The molecule has 116 valence electrons. The monoisotopic (exact) mass is 300 g/mol. The second-order valence-electron chi connectivity index (χ2n) is 8.09. The van der Waals surface area contributed by atoms with E-state index in [1.54, 1.807) is 0 Å². The molecule has 1 N–H and O–H groups in total. The average Bonchev–Trinajstić information content (AvgIpc) is 2.87. The molecule has 4 atom stereocenters. The molecule has 1 heterocycles. The molecule has 2 aliphatic rings. The number of fused-ring (bicyclic) bond motifs is 1. The van der Waals surface area contributed by atoms with Crippen LogP contribution in [0.4, 0.5) is 0 Å². The molecule has 0 amide bonds. The van der Waals surface area contributed by atoms with Gasteiger partial charge in [0.15, 0.2) is 8.32 Å². The summed E-state index contributed by atoms with van der Waals surface area (Å²) in [5, 5.41) is 9.17. The Kier molecular flexibility index (Phi) is 3.85. The highest BCUT2D eigenvalue weighted by atomic mass is 28.4. The Bertz CT molecular complexity index is 401. The molecule has 0 aromatic rings. The third-order valence-electron chi connectivity index (χ3n) is 5.42.